The molecular formula is C29H30F6N2O3. The first-order valence-corrected chi connectivity index (χ1v) is 12.8. The molecule has 0 spiro atoms. The number of nitrogens with zero attached hydrogens (tertiary/aromatic N) is 1. The number of amides is 1. The van der Waals surface area contributed by atoms with Crippen molar-refractivity contribution in [3.8, 4) is 0 Å². The highest BCUT2D eigenvalue weighted by Crippen LogP contribution is 2.33. The van der Waals surface area contributed by atoms with E-state index in [0.29, 0.717) is 22.4 Å². The molecule has 0 saturated heterocycles. The van der Waals surface area contributed by atoms with Gasteiger partial charge in [-0.15, -0.1) is 0 Å². The predicted molar refractivity (Wildman–Crippen MR) is 137 cm³/mol. The van der Waals surface area contributed by atoms with Crippen molar-refractivity contribution in [1.82, 2.24) is 5.32 Å². The number of halogens is 6. The van der Waals surface area contributed by atoms with Crippen LogP contribution in [0.1, 0.15) is 60.4 Å². The minimum absolute atomic E-state index is 0.135. The van der Waals surface area contributed by atoms with Crippen molar-refractivity contribution in [2.24, 2.45) is 16.8 Å². The number of Topliss-reactive ketones (excluding diaryl/α,β-unsaturated/α-hetero) is 2. The van der Waals surface area contributed by atoms with E-state index < -0.39 is 73.5 Å². The molecule has 0 aromatic heterocycles. The summed E-state index contributed by atoms with van der Waals surface area (Å²) in [6.07, 6.45) is -15.7. The van der Waals surface area contributed by atoms with Gasteiger partial charge in [-0.3, -0.25) is 19.4 Å². The number of carbonyl (C=O) groups excluding carboxylic acids is 3. The third-order valence-electron chi connectivity index (χ3n) is 6.94. The summed E-state index contributed by atoms with van der Waals surface area (Å²) in [5.41, 5.74) is 4.06. The van der Waals surface area contributed by atoms with Crippen molar-refractivity contribution in [3.05, 3.63) is 70.3 Å². The Labute approximate surface area is 228 Å². The zero-order valence-electron chi connectivity index (χ0n) is 22.2. The summed E-state index contributed by atoms with van der Waals surface area (Å²) in [6.45, 7) is 4.64. The van der Waals surface area contributed by atoms with Crippen LogP contribution in [0.4, 0.5) is 26.3 Å². The highest BCUT2D eigenvalue weighted by molar-refractivity contribution is 6.16. The van der Waals surface area contributed by atoms with Crippen molar-refractivity contribution in [1.29, 1.82) is 0 Å². The Morgan fingerprint density at radius 2 is 1.52 bits per heavy atom. The third-order valence-corrected chi connectivity index (χ3v) is 6.94. The Hall–Kier alpha value is -3.50. The first-order valence-electron chi connectivity index (χ1n) is 12.8. The second-order valence-corrected chi connectivity index (χ2v) is 10.1. The van der Waals surface area contributed by atoms with E-state index in [-0.39, 0.29) is 6.42 Å². The number of alkyl halides is 6. The number of hydrogen-bond donors (Lipinski definition) is 1. The number of ketones is 2. The molecule has 1 aliphatic heterocycles. The van der Waals surface area contributed by atoms with E-state index in [1.54, 1.807) is 30.3 Å². The van der Waals surface area contributed by atoms with Crippen LogP contribution in [0.3, 0.4) is 0 Å². The van der Waals surface area contributed by atoms with Crippen molar-refractivity contribution in [3.63, 3.8) is 0 Å². The van der Waals surface area contributed by atoms with Gasteiger partial charge in [0.15, 0.2) is 11.9 Å². The summed E-state index contributed by atoms with van der Waals surface area (Å²) < 4.78 is 78.0. The summed E-state index contributed by atoms with van der Waals surface area (Å²) in [4.78, 5) is 43.5. The molecule has 3 atom stereocenters. The van der Waals surface area contributed by atoms with Gasteiger partial charge in [0, 0.05) is 42.2 Å². The molecule has 0 fully saturated rings. The van der Waals surface area contributed by atoms with Crippen molar-refractivity contribution in [2.45, 2.75) is 71.4 Å². The topological polar surface area (TPSA) is 75.6 Å². The lowest BCUT2D eigenvalue weighted by Crippen LogP contribution is -2.46. The fraction of sp³-hybridized carbons (Fsp3) is 0.448. The van der Waals surface area contributed by atoms with Crippen LogP contribution < -0.4 is 5.32 Å². The van der Waals surface area contributed by atoms with E-state index >= 15 is 0 Å². The molecule has 0 radical (unpaired) electrons. The summed E-state index contributed by atoms with van der Waals surface area (Å²) in [5.74, 6) is -5.87. The van der Waals surface area contributed by atoms with E-state index in [1.807, 2.05) is 26.0 Å². The smallest absolute Gasteiger partial charge is 0.328 e. The molecule has 2 aromatic rings. The number of hydrogen-bond acceptors (Lipinski definition) is 4. The van der Waals surface area contributed by atoms with Crippen LogP contribution in [0.25, 0.3) is 0 Å². The lowest BCUT2D eigenvalue weighted by atomic mass is 9.81. The molecule has 2 aromatic carbocycles. The molecule has 0 unspecified atom stereocenters. The Balaban J connectivity index is 2.02. The highest BCUT2D eigenvalue weighted by atomic mass is 19.4. The first kappa shape index (κ1) is 31.0. The maximum absolute atomic E-state index is 13.4. The zero-order chi connectivity index (χ0) is 29.8. The molecule has 216 valence electrons. The van der Waals surface area contributed by atoms with Crippen LogP contribution in [0.2, 0.25) is 0 Å². The maximum Gasteiger partial charge on any atom is 0.389 e. The van der Waals surface area contributed by atoms with Gasteiger partial charge in [-0.25, -0.2) is 0 Å². The van der Waals surface area contributed by atoms with E-state index in [9.17, 15) is 40.7 Å². The minimum Gasteiger partial charge on any atom is -0.328 e. The molecule has 1 heterocycles. The fourth-order valence-electron chi connectivity index (χ4n) is 5.01. The average molecular weight is 569 g/mol. The van der Waals surface area contributed by atoms with Gasteiger partial charge < -0.3 is 5.32 Å². The highest BCUT2D eigenvalue weighted by Gasteiger charge is 2.40. The fourth-order valence-corrected chi connectivity index (χ4v) is 5.01. The number of fused-ring (bicyclic) bond motifs is 1. The van der Waals surface area contributed by atoms with Crippen molar-refractivity contribution in [2.75, 3.05) is 0 Å². The number of nitrogens with one attached hydrogen (secondary N) is 1. The van der Waals surface area contributed by atoms with Gasteiger partial charge in [0.2, 0.25) is 5.91 Å². The average Bonchev–Trinajstić information content (AvgIpc) is 2.97. The number of rotatable bonds is 9. The molecule has 1 N–H and O–H groups in total. The van der Waals surface area contributed by atoms with E-state index in [4.69, 9.17) is 0 Å². The zero-order valence-corrected chi connectivity index (χ0v) is 22.2. The van der Waals surface area contributed by atoms with Crippen molar-refractivity contribution >= 4 is 23.2 Å². The van der Waals surface area contributed by atoms with Crippen LogP contribution in [0, 0.1) is 25.7 Å². The Morgan fingerprint density at radius 3 is 2.08 bits per heavy atom. The second kappa shape index (κ2) is 12.3. The molecule has 1 amide bonds. The van der Waals surface area contributed by atoms with Gasteiger partial charge in [0.25, 0.3) is 0 Å². The van der Waals surface area contributed by atoms with Crippen molar-refractivity contribution < 1.29 is 40.7 Å². The quantitative estimate of drug-likeness (QED) is 0.366. The number of benzene rings is 2. The third kappa shape index (κ3) is 8.25. The van der Waals surface area contributed by atoms with Crippen LogP contribution in [-0.4, -0.2) is 41.7 Å². The molecular weight excluding hydrogens is 538 g/mol. The van der Waals surface area contributed by atoms with Gasteiger partial charge in [-0.2, -0.15) is 26.3 Å². The van der Waals surface area contributed by atoms with E-state index in [0.717, 1.165) is 18.1 Å². The largest absolute Gasteiger partial charge is 0.389 e. The molecule has 0 aliphatic carbocycles. The van der Waals surface area contributed by atoms with Crippen LogP contribution >= 0.6 is 0 Å². The van der Waals surface area contributed by atoms with E-state index in [2.05, 4.69) is 10.3 Å². The lowest BCUT2D eigenvalue weighted by Gasteiger charge is -2.26. The molecule has 40 heavy (non-hydrogen) atoms. The Morgan fingerprint density at radius 1 is 0.950 bits per heavy atom. The molecule has 11 heteroatoms. The van der Waals surface area contributed by atoms with Crippen LogP contribution in [0.5, 0.6) is 0 Å². The van der Waals surface area contributed by atoms with Gasteiger partial charge in [0.05, 0.1) is 5.71 Å². The minimum atomic E-state index is -4.71. The molecule has 3 rings (SSSR count). The van der Waals surface area contributed by atoms with Gasteiger partial charge in [-0.05, 0) is 50.8 Å². The summed E-state index contributed by atoms with van der Waals surface area (Å²) in [5, 5.41) is 2.37. The first-order chi connectivity index (χ1) is 18.6. The molecule has 5 nitrogen and oxygen atoms in total. The predicted octanol–water partition coefficient (Wildman–Crippen LogP) is 6.21. The van der Waals surface area contributed by atoms with Crippen LogP contribution in [0.15, 0.2) is 47.5 Å². The Bertz CT molecular complexity index is 1290. The summed E-state index contributed by atoms with van der Waals surface area (Å²) in [7, 11) is 0. The second-order valence-electron chi connectivity index (χ2n) is 10.1. The molecule has 0 bridgehead atoms. The van der Waals surface area contributed by atoms with E-state index in [1.165, 1.54) is 0 Å². The number of aryl methyl sites for hydroxylation is 2. The number of aliphatic imine (C=N–C) groups is 1. The van der Waals surface area contributed by atoms with Gasteiger partial charge in [-0.1, -0.05) is 42.0 Å². The molecule has 1 aliphatic rings. The standard InChI is InChI=1S/C29H30F6N2O3/c1-16-13-17(2)22-15-24(39)26(36-25(23(22)14-16)19-7-5-4-6-8-19)37-27(40)21(10-12-29(33,34)35)20(18(3)38)9-11-28(30,31)32/h4-8,13-14,20-21,26H,9-12,15H2,1-3H3,(H,37,40)/t20-,21-,26-/m1/s1. The Kier molecular flexibility index (Phi) is 9.58. The lowest BCUT2D eigenvalue weighted by molar-refractivity contribution is -0.152. The summed E-state index contributed by atoms with van der Waals surface area (Å²) in [6, 6.07) is 12.5. The molecule has 0 saturated carbocycles. The SMILES string of the molecule is CC(=O)[C@@H](CCC(F)(F)F)[C@@H](CCC(F)(F)F)C(=O)N[C@H]1N=C(c2ccccc2)c2cc(C)cc(C)c2CC1=O. The monoisotopic (exact) mass is 568 g/mol. The normalized spacial score (nSPS) is 17.4. The summed E-state index contributed by atoms with van der Waals surface area (Å²) >= 11 is 0. The van der Waals surface area contributed by atoms with Crippen LogP contribution in [-0.2, 0) is 20.8 Å². The van der Waals surface area contributed by atoms with Gasteiger partial charge in [0.1, 0.15) is 5.78 Å². The maximum atomic E-state index is 13.4. The van der Waals surface area contributed by atoms with Gasteiger partial charge >= 0.3 is 12.4 Å². The number of carbonyl (C=O) groups is 3.